The summed E-state index contributed by atoms with van der Waals surface area (Å²) in [6, 6.07) is 78.3. The minimum absolute atomic E-state index is 1.10. The van der Waals surface area contributed by atoms with Gasteiger partial charge in [0.2, 0.25) is 0 Å². The van der Waals surface area contributed by atoms with E-state index in [9.17, 15) is 0 Å². The molecule has 0 aliphatic rings. The first-order chi connectivity index (χ1) is 25.8. The van der Waals surface area contributed by atoms with Crippen LogP contribution in [-0.2, 0) is 0 Å². The summed E-state index contributed by atoms with van der Waals surface area (Å²) in [5.74, 6) is 0. The van der Waals surface area contributed by atoms with Gasteiger partial charge in [-0.2, -0.15) is 0 Å². The zero-order chi connectivity index (χ0) is 34.7. The minimum atomic E-state index is 1.10. The standard InChI is InChI=1S/C50H36N2/c1-4-14-37(15-5-1)39-28-32-45(33-29-39)51(43-18-6-2-7-19-43)49-24-12-23-48-47(49)22-13-25-50(48)52(44-20-8-3-9-21-44)46-34-30-40(31-35-46)42-27-26-38-16-10-11-17-41(38)36-42/h1-36H. The predicted molar refractivity (Wildman–Crippen MR) is 222 cm³/mol. The SMILES string of the molecule is c1ccc(-c2ccc(N(c3ccccc3)c3cccc4c(N(c5ccccc5)c5ccc(-c6ccc7ccccc7c6)cc5)cccc34)cc2)cc1. The molecule has 0 bridgehead atoms. The van der Waals surface area contributed by atoms with Crippen LogP contribution in [0.1, 0.15) is 0 Å². The van der Waals surface area contributed by atoms with Crippen LogP contribution in [0.25, 0.3) is 43.8 Å². The topological polar surface area (TPSA) is 6.48 Å². The number of hydrogen-bond donors (Lipinski definition) is 0. The molecule has 2 nitrogen and oxygen atoms in total. The summed E-state index contributed by atoms with van der Waals surface area (Å²) in [4.78, 5) is 4.74. The monoisotopic (exact) mass is 664 g/mol. The van der Waals surface area contributed by atoms with Crippen LogP contribution >= 0.6 is 0 Å². The van der Waals surface area contributed by atoms with Crippen molar-refractivity contribution in [2.75, 3.05) is 9.80 Å². The molecular formula is C50H36N2. The van der Waals surface area contributed by atoms with Gasteiger partial charge in [-0.25, -0.2) is 0 Å². The molecule has 2 heteroatoms. The lowest BCUT2D eigenvalue weighted by Gasteiger charge is -2.30. The fourth-order valence-electron chi connectivity index (χ4n) is 7.28. The van der Waals surface area contributed by atoms with Crippen LogP contribution in [0.5, 0.6) is 0 Å². The Bertz CT molecular complexity index is 2600. The zero-order valence-electron chi connectivity index (χ0n) is 28.7. The average Bonchev–Trinajstić information content (AvgIpc) is 3.23. The summed E-state index contributed by atoms with van der Waals surface area (Å²) in [5.41, 5.74) is 11.5. The van der Waals surface area contributed by atoms with E-state index in [0.29, 0.717) is 0 Å². The molecule has 0 radical (unpaired) electrons. The van der Waals surface area contributed by atoms with E-state index in [0.717, 1.165) is 34.1 Å². The molecular weight excluding hydrogens is 629 g/mol. The molecule has 9 aromatic carbocycles. The smallest absolute Gasteiger partial charge is 0.0540 e. The molecule has 0 aliphatic heterocycles. The highest BCUT2D eigenvalue weighted by molar-refractivity contribution is 6.07. The van der Waals surface area contributed by atoms with Gasteiger partial charge in [-0.1, -0.05) is 152 Å². The van der Waals surface area contributed by atoms with Gasteiger partial charge in [-0.15, -0.1) is 0 Å². The Kier molecular flexibility index (Phi) is 8.24. The molecule has 0 unspecified atom stereocenters. The summed E-state index contributed by atoms with van der Waals surface area (Å²) >= 11 is 0. The first kappa shape index (κ1) is 31.1. The molecule has 0 fully saturated rings. The van der Waals surface area contributed by atoms with E-state index in [4.69, 9.17) is 0 Å². The second-order valence-electron chi connectivity index (χ2n) is 13.0. The van der Waals surface area contributed by atoms with Gasteiger partial charge in [0.15, 0.2) is 0 Å². The highest BCUT2D eigenvalue weighted by atomic mass is 15.2. The summed E-state index contributed by atoms with van der Waals surface area (Å²) in [5, 5.41) is 4.84. The van der Waals surface area contributed by atoms with Crippen molar-refractivity contribution in [3.63, 3.8) is 0 Å². The molecule has 0 saturated heterocycles. The third kappa shape index (κ3) is 5.97. The number of benzene rings is 9. The van der Waals surface area contributed by atoms with Gasteiger partial charge >= 0.3 is 0 Å². The molecule has 0 N–H and O–H groups in total. The van der Waals surface area contributed by atoms with Crippen molar-refractivity contribution in [2.45, 2.75) is 0 Å². The lowest BCUT2D eigenvalue weighted by Crippen LogP contribution is -2.12. The van der Waals surface area contributed by atoms with E-state index in [1.165, 1.54) is 43.8 Å². The second-order valence-corrected chi connectivity index (χ2v) is 13.0. The Labute approximate surface area is 305 Å². The van der Waals surface area contributed by atoms with E-state index < -0.39 is 0 Å². The molecule has 0 aliphatic carbocycles. The summed E-state index contributed by atoms with van der Waals surface area (Å²) in [6.07, 6.45) is 0. The molecule has 0 spiro atoms. The van der Waals surface area contributed by atoms with Crippen molar-refractivity contribution in [3.8, 4) is 22.3 Å². The summed E-state index contributed by atoms with van der Waals surface area (Å²) < 4.78 is 0. The number of para-hydroxylation sites is 2. The molecule has 0 aromatic heterocycles. The van der Waals surface area contributed by atoms with Gasteiger partial charge < -0.3 is 9.80 Å². The highest BCUT2D eigenvalue weighted by Gasteiger charge is 2.20. The maximum atomic E-state index is 2.37. The first-order valence-corrected chi connectivity index (χ1v) is 17.8. The maximum absolute atomic E-state index is 2.37. The molecule has 52 heavy (non-hydrogen) atoms. The molecule has 0 heterocycles. The molecule has 0 atom stereocenters. The second kappa shape index (κ2) is 13.8. The number of rotatable bonds is 8. The number of anilines is 6. The number of nitrogens with zero attached hydrogens (tertiary/aromatic N) is 2. The van der Waals surface area contributed by atoms with Gasteiger partial charge in [0, 0.05) is 33.5 Å². The Morgan fingerprint density at radius 1 is 0.231 bits per heavy atom. The molecule has 246 valence electrons. The number of fused-ring (bicyclic) bond motifs is 2. The van der Waals surface area contributed by atoms with E-state index >= 15 is 0 Å². The number of hydrogen-bond acceptors (Lipinski definition) is 2. The van der Waals surface area contributed by atoms with Crippen LogP contribution in [0, 0.1) is 0 Å². The van der Waals surface area contributed by atoms with Crippen LogP contribution in [-0.4, -0.2) is 0 Å². The summed E-state index contributed by atoms with van der Waals surface area (Å²) in [7, 11) is 0. The van der Waals surface area contributed by atoms with Crippen molar-refractivity contribution < 1.29 is 0 Å². The maximum Gasteiger partial charge on any atom is 0.0540 e. The van der Waals surface area contributed by atoms with Gasteiger partial charge in [0.25, 0.3) is 0 Å². The predicted octanol–water partition coefficient (Wildman–Crippen LogP) is 14.3. The van der Waals surface area contributed by atoms with Crippen LogP contribution < -0.4 is 9.80 Å². The molecule has 9 rings (SSSR count). The van der Waals surface area contributed by atoms with Gasteiger partial charge in [-0.3, -0.25) is 0 Å². The first-order valence-electron chi connectivity index (χ1n) is 17.8. The van der Waals surface area contributed by atoms with Gasteiger partial charge in [-0.05, 0) is 99.8 Å². The van der Waals surface area contributed by atoms with E-state index in [1.54, 1.807) is 0 Å². The Morgan fingerprint density at radius 3 is 1.13 bits per heavy atom. The summed E-state index contributed by atoms with van der Waals surface area (Å²) in [6.45, 7) is 0. The third-order valence-corrected chi connectivity index (χ3v) is 9.83. The van der Waals surface area contributed by atoms with E-state index in [1.807, 2.05) is 0 Å². The van der Waals surface area contributed by atoms with Crippen molar-refractivity contribution in [2.24, 2.45) is 0 Å². The molecule has 0 saturated carbocycles. The van der Waals surface area contributed by atoms with Crippen molar-refractivity contribution in [1.29, 1.82) is 0 Å². The fourth-order valence-corrected chi connectivity index (χ4v) is 7.28. The van der Waals surface area contributed by atoms with Crippen LogP contribution in [0.15, 0.2) is 218 Å². The third-order valence-electron chi connectivity index (χ3n) is 9.83. The molecule has 0 amide bonds. The fraction of sp³-hybridized carbons (Fsp3) is 0. The van der Waals surface area contributed by atoms with Crippen molar-refractivity contribution in [3.05, 3.63) is 218 Å². The quantitative estimate of drug-likeness (QED) is 0.159. The largest absolute Gasteiger partial charge is 0.310 e. The van der Waals surface area contributed by atoms with Crippen LogP contribution in [0.2, 0.25) is 0 Å². The van der Waals surface area contributed by atoms with Crippen molar-refractivity contribution in [1.82, 2.24) is 0 Å². The van der Waals surface area contributed by atoms with E-state index in [2.05, 4.69) is 228 Å². The minimum Gasteiger partial charge on any atom is -0.310 e. The Balaban J connectivity index is 1.16. The Hall–Kier alpha value is -6.90. The zero-order valence-corrected chi connectivity index (χ0v) is 28.7. The van der Waals surface area contributed by atoms with Gasteiger partial charge in [0.05, 0.1) is 11.4 Å². The van der Waals surface area contributed by atoms with Gasteiger partial charge in [0.1, 0.15) is 0 Å². The highest BCUT2D eigenvalue weighted by Crippen LogP contribution is 2.44. The van der Waals surface area contributed by atoms with Crippen LogP contribution in [0.3, 0.4) is 0 Å². The average molecular weight is 665 g/mol. The van der Waals surface area contributed by atoms with Crippen molar-refractivity contribution >= 4 is 55.7 Å². The lowest BCUT2D eigenvalue weighted by molar-refractivity contribution is 1.28. The van der Waals surface area contributed by atoms with E-state index in [-0.39, 0.29) is 0 Å². The Morgan fingerprint density at radius 2 is 0.615 bits per heavy atom. The normalized spacial score (nSPS) is 11.1. The molecule has 9 aromatic rings. The lowest BCUT2D eigenvalue weighted by atomic mass is 10.00. The van der Waals surface area contributed by atoms with Crippen LogP contribution in [0.4, 0.5) is 34.1 Å².